The van der Waals surface area contributed by atoms with Gasteiger partial charge in [-0.15, -0.1) is 0 Å². The summed E-state index contributed by atoms with van der Waals surface area (Å²) in [4.78, 5) is 0. The minimum atomic E-state index is -0.506. The zero-order chi connectivity index (χ0) is 8.43. The number of halogens is 2. The molecule has 0 aliphatic heterocycles. The minimum absolute atomic E-state index is 0. The summed E-state index contributed by atoms with van der Waals surface area (Å²) < 4.78 is 25.1. The average Bonchev–Trinajstić information content (AvgIpc) is 1.85. The molecule has 0 aliphatic rings. The molecule has 12 heavy (non-hydrogen) atoms. The van der Waals surface area contributed by atoms with Crippen LogP contribution in [0.3, 0.4) is 0 Å². The maximum absolute atomic E-state index is 12.5. The first kappa shape index (κ1) is 12.0. The van der Waals surface area contributed by atoms with Crippen molar-refractivity contribution >= 4 is 25.8 Å². The first-order valence-corrected chi connectivity index (χ1v) is 3.55. The van der Waals surface area contributed by atoms with Gasteiger partial charge in [-0.3, -0.25) is 0 Å². The molecule has 1 aromatic carbocycles. The molecule has 0 unspecified atom stereocenters. The van der Waals surface area contributed by atoms with Gasteiger partial charge in [-0.1, -0.05) is 13.8 Å². The summed E-state index contributed by atoms with van der Waals surface area (Å²) in [6, 6.07) is 3.59. The molecule has 0 spiro atoms. The molecule has 1 aromatic rings. The molecule has 3 heteroatoms. The van der Waals surface area contributed by atoms with Gasteiger partial charge >= 0.3 is 0 Å². The molecule has 1 rings (SSSR count). The molecular formula is C9H10F2In. The zero-order valence-electron chi connectivity index (χ0n) is 7.14. The Bertz CT molecular complexity index is 238. The van der Waals surface area contributed by atoms with Crippen LogP contribution in [-0.4, -0.2) is 25.8 Å². The summed E-state index contributed by atoms with van der Waals surface area (Å²) in [5.74, 6) is -0.845. The van der Waals surface area contributed by atoms with Gasteiger partial charge in [0.1, 0.15) is 11.6 Å². The van der Waals surface area contributed by atoms with Crippen LogP contribution >= 0.6 is 0 Å². The number of benzene rings is 1. The van der Waals surface area contributed by atoms with Crippen LogP contribution in [-0.2, 0) is 0 Å². The third-order valence-corrected chi connectivity index (χ3v) is 1.55. The predicted molar refractivity (Wildman–Crippen MR) is 46.2 cm³/mol. The summed E-state index contributed by atoms with van der Waals surface area (Å²) in [7, 11) is 0. The maximum Gasteiger partial charge on any atom is 0.126 e. The van der Waals surface area contributed by atoms with Crippen LogP contribution in [0.5, 0.6) is 0 Å². The van der Waals surface area contributed by atoms with Gasteiger partial charge < -0.3 is 0 Å². The van der Waals surface area contributed by atoms with Crippen LogP contribution in [0, 0.1) is 11.6 Å². The van der Waals surface area contributed by atoms with E-state index in [0.717, 1.165) is 6.07 Å². The van der Waals surface area contributed by atoms with Gasteiger partial charge in [0.25, 0.3) is 0 Å². The van der Waals surface area contributed by atoms with Gasteiger partial charge in [-0.05, 0) is 23.6 Å². The van der Waals surface area contributed by atoms with E-state index in [1.54, 1.807) is 0 Å². The smallest absolute Gasteiger partial charge is 0.126 e. The van der Waals surface area contributed by atoms with Gasteiger partial charge in [-0.25, -0.2) is 8.78 Å². The Kier molecular flexibility index (Phi) is 4.83. The second kappa shape index (κ2) is 4.85. The van der Waals surface area contributed by atoms with E-state index in [2.05, 4.69) is 0 Å². The van der Waals surface area contributed by atoms with Crippen LogP contribution in [0.15, 0.2) is 18.2 Å². The molecule has 0 amide bonds. The Morgan fingerprint density at radius 2 is 1.42 bits per heavy atom. The van der Waals surface area contributed by atoms with E-state index in [0.29, 0.717) is 5.56 Å². The topological polar surface area (TPSA) is 0 Å². The average molecular weight is 271 g/mol. The van der Waals surface area contributed by atoms with Crippen LogP contribution in [0.1, 0.15) is 25.3 Å². The van der Waals surface area contributed by atoms with E-state index in [4.69, 9.17) is 0 Å². The third-order valence-electron chi connectivity index (χ3n) is 1.55. The Hall–Kier alpha value is -0.0499. The van der Waals surface area contributed by atoms with Gasteiger partial charge in [0.05, 0.1) is 0 Å². The van der Waals surface area contributed by atoms with Crippen LogP contribution in [0.25, 0.3) is 0 Å². The molecule has 63 valence electrons. The van der Waals surface area contributed by atoms with E-state index >= 15 is 0 Å². The van der Waals surface area contributed by atoms with Crippen molar-refractivity contribution in [1.82, 2.24) is 0 Å². The largest absolute Gasteiger partial charge is 0.207 e. The monoisotopic (exact) mass is 271 g/mol. The van der Waals surface area contributed by atoms with Crippen LogP contribution in [0.4, 0.5) is 8.78 Å². The third kappa shape index (κ3) is 3.13. The van der Waals surface area contributed by atoms with Crippen LogP contribution < -0.4 is 0 Å². The molecule has 0 nitrogen and oxygen atoms in total. The van der Waals surface area contributed by atoms with E-state index in [1.165, 1.54) is 12.1 Å². The molecular weight excluding hydrogens is 261 g/mol. The number of rotatable bonds is 1. The summed E-state index contributed by atoms with van der Waals surface area (Å²) in [6.45, 7) is 3.79. The fraction of sp³-hybridized carbons (Fsp3) is 0.333. The molecule has 0 heterocycles. The Morgan fingerprint density at radius 3 is 1.75 bits per heavy atom. The fourth-order valence-corrected chi connectivity index (χ4v) is 0.908. The fourth-order valence-electron chi connectivity index (χ4n) is 0.908. The minimum Gasteiger partial charge on any atom is -0.207 e. The summed E-state index contributed by atoms with van der Waals surface area (Å²) in [6.07, 6.45) is 0. The Balaban J connectivity index is 0.00000121. The van der Waals surface area contributed by atoms with Gasteiger partial charge in [0, 0.05) is 31.9 Å². The molecule has 0 N–H and O–H groups in total. The number of hydrogen-bond acceptors (Lipinski definition) is 0. The summed E-state index contributed by atoms with van der Waals surface area (Å²) in [5, 5.41) is 0. The van der Waals surface area contributed by atoms with Crippen LogP contribution in [0.2, 0.25) is 0 Å². The molecule has 0 saturated carbocycles. The SMILES string of the molecule is CC(C)c1cc(F)cc(F)c1.[In]. The van der Waals surface area contributed by atoms with E-state index < -0.39 is 11.6 Å². The number of hydrogen-bond donors (Lipinski definition) is 0. The van der Waals surface area contributed by atoms with Gasteiger partial charge in [0.2, 0.25) is 0 Å². The van der Waals surface area contributed by atoms with Gasteiger partial charge in [0.15, 0.2) is 0 Å². The van der Waals surface area contributed by atoms with Crippen molar-refractivity contribution in [3.63, 3.8) is 0 Å². The molecule has 0 aliphatic carbocycles. The van der Waals surface area contributed by atoms with E-state index in [1.807, 2.05) is 13.8 Å². The first-order chi connectivity index (χ1) is 5.09. The van der Waals surface area contributed by atoms with Crippen molar-refractivity contribution in [1.29, 1.82) is 0 Å². The second-order valence-corrected chi connectivity index (χ2v) is 2.86. The Labute approximate surface area is 89.8 Å². The normalized spacial score (nSPS) is 9.75. The summed E-state index contributed by atoms with van der Waals surface area (Å²) >= 11 is 0. The van der Waals surface area contributed by atoms with E-state index in [-0.39, 0.29) is 31.8 Å². The van der Waals surface area contributed by atoms with Crippen molar-refractivity contribution in [3.05, 3.63) is 35.4 Å². The Morgan fingerprint density at radius 1 is 1.00 bits per heavy atom. The molecule has 3 radical (unpaired) electrons. The standard InChI is InChI=1S/C9H10F2.In/c1-6(2)7-3-8(10)5-9(11)4-7;/h3-6H,1-2H3;. The second-order valence-electron chi connectivity index (χ2n) is 2.86. The van der Waals surface area contributed by atoms with Gasteiger partial charge in [-0.2, -0.15) is 0 Å². The van der Waals surface area contributed by atoms with Crippen molar-refractivity contribution < 1.29 is 8.78 Å². The van der Waals surface area contributed by atoms with Crippen molar-refractivity contribution in [2.75, 3.05) is 0 Å². The van der Waals surface area contributed by atoms with Crippen molar-refractivity contribution in [3.8, 4) is 0 Å². The molecule has 0 bridgehead atoms. The van der Waals surface area contributed by atoms with Crippen molar-refractivity contribution in [2.24, 2.45) is 0 Å². The van der Waals surface area contributed by atoms with Crippen molar-refractivity contribution in [2.45, 2.75) is 19.8 Å². The molecule has 0 fully saturated rings. The molecule has 0 aromatic heterocycles. The summed E-state index contributed by atoms with van der Waals surface area (Å²) in [5.41, 5.74) is 0.697. The molecule has 0 saturated heterocycles. The quantitative estimate of drug-likeness (QED) is 0.736. The molecule has 0 atom stereocenters. The van der Waals surface area contributed by atoms with E-state index in [9.17, 15) is 8.78 Å². The first-order valence-electron chi connectivity index (χ1n) is 3.55. The predicted octanol–water partition coefficient (Wildman–Crippen LogP) is 2.71. The zero-order valence-corrected chi connectivity index (χ0v) is 10.4. The maximum atomic E-state index is 12.5.